The fraction of sp³-hybridized carbons (Fsp3) is 0.273. The molecule has 90 valence electrons. The van der Waals surface area contributed by atoms with Crippen LogP contribution in [0, 0.1) is 0 Å². The van der Waals surface area contributed by atoms with E-state index >= 15 is 0 Å². The van der Waals surface area contributed by atoms with Gasteiger partial charge in [-0.1, -0.05) is 18.5 Å². The van der Waals surface area contributed by atoms with E-state index < -0.39 is 0 Å². The molecule has 0 fully saturated rings. The molecule has 2 heterocycles. The lowest BCUT2D eigenvalue weighted by atomic mass is 10.4. The van der Waals surface area contributed by atoms with Crippen molar-refractivity contribution in [3.63, 3.8) is 0 Å². The summed E-state index contributed by atoms with van der Waals surface area (Å²) >= 11 is 9.32. The van der Waals surface area contributed by atoms with Crippen molar-refractivity contribution >= 4 is 33.3 Å². The van der Waals surface area contributed by atoms with E-state index in [9.17, 15) is 0 Å². The standard InChI is InChI=1S/C11H11BrClN3O/c1-2-8-5-14-10(17-8)6-16-11-9(13)3-7(12)4-15-11/h3-5H,2,6H2,1H3,(H,15,16). The Hall–Kier alpha value is -1.07. The maximum Gasteiger partial charge on any atom is 0.213 e. The van der Waals surface area contributed by atoms with Crippen LogP contribution < -0.4 is 5.32 Å². The van der Waals surface area contributed by atoms with Gasteiger partial charge in [-0.2, -0.15) is 0 Å². The van der Waals surface area contributed by atoms with Crippen molar-refractivity contribution in [3.05, 3.63) is 39.6 Å². The first kappa shape index (κ1) is 12.4. The number of halogens is 2. The predicted octanol–water partition coefficient (Wildman–Crippen LogP) is 3.66. The first-order chi connectivity index (χ1) is 8.19. The van der Waals surface area contributed by atoms with Crippen LogP contribution in [0.2, 0.25) is 5.02 Å². The number of hydrogen-bond donors (Lipinski definition) is 1. The molecule has 0 atom stereocenters. The average Bonchev–Trinajstić information content (AvgIpc) is 2.76. The third-order valence-electron chi connectivity index (χ3n) is 2.16. The summed E-state index contributed by atoms with van der Waals surface area (Å²) in [5.41, 5.74) is 0. The normalized spacial score (nSPS) is 10.5. The average molecular weight is 317 g/mol. The van der Waals surface area contributed by atoms with E-state index in [0.29, 0.717) is 23.3 Å². The number of oxazole rings is 1. The van der Waals surface area contributed by atoms with Crippen molar-refractivity contribution in [3.8, 4) is 0 Å². The van der Waals surface area contributed by atoms with Gasteiger partial charge in [0, 0.05) is 17.1 Å². The molecular weight excluding hydrogens is 305 g/mol. The summed E-state index contributed by atoms with van der Waals surface area (Å²) in [6, 6.07) is 1.78. The Kier molecular flexibility index (Phi) is 4.02. The minimum atomic E-state index is 0.467. The molecule has 0 aliphatic heterocycles. The number of aromatic nitrogens is 2. The fourth-order valence-corrected chi connectivity index (χ4v) is 1.99. The van der Waals surface area contributed by atoms with Gasteiger partial charge >= 0.3 is 0 Å². The number of anilines is 1. The van der Waals surface area contributed by atoms with Crippen molar-refractivity contribution in [2.45, 2.75) is 19.9 Å². The summed E-state index contributed by atoms with van der Waals surface area (Å²) in [6.07, 6.45) is 4.25. The zero-order chi connectivity index (χ0) is 12.3. The topological polar surface area (TPSA) is 51.0 Å². The van der Waals surface area contributed by atoms with Crippen molar-refractivity contribution in [2.75, 3.05) is 5.32 Å². The first-order valence-electron chi connectivity index (χ1n) is 5.17. The van der Waals surface area contributed by atoms with Crippen LogP contribution in [-0.2, 0) is 13.0 Å². The zero-order valence-electron chi connectivity index (χ0n) is 9.20. The number of nitrogens with one attached hydrogen (secondary N) is 1. The Labute approximate surface area is 113 Å². The molecule has 0 aromatic carbocycles. The van der Waals surface area contributed by atoms with E-state index in [2.05, 4.69) is 31.2 Å². The van der Waals surface area contributed by atoms with Gasteiger partial charge in [0.2, 0.25) is 5.89 Å². The van der Waals surface area contributed by atoms with Gasteiger partial charge in [0.05, 0.1) is 17.8 Å². The highest BCUT2D eigenvalue weighted by Gasteiger charge is 2.05. The number of pyridine rings is 1. The van der Waals surface area contributed by atoms with E-state index in [1.165, 1.54) is 0 Å². The van der Waals surface area contributed by atoms with Gasteiger partial charge in [-0.15, -0.1) is 0 Å². The largest absolute Gasteiger partial charge is 0.444 e. The number of aryl methyl sites for hydroxylation is 1. The quantitative estimate of drug-likeness (QED) is 0.935. The van der Waals surface area contributed by atoms with E-state index in [-0.39, 0.29) is 0 Å². The highest BCUT2D eigenvalue weighted by molar-refractivity contribution is 9.10. The van der Waals surface area contributed by atoms with Gasteiger partial charge in [0.1, 0.15) is 11.6 Å². The van der Waals surface area contributed by atoms with Crippen molar-refractivity contribution in [1.29, 1.82) is 0 Å². The van der Waals surface area contributed by atoms with Crippen molar-refractivity contribution < 1.29 is 4.42 Å². The predicted molar refractivity (Wildman–Crippen MR) is 70.2 cm³/mol. The molecule has 0 aliphatic rings. The second kappa shape index (κ2) is 5.51. The van der Waals surface area contributed by atoms with Crippen LogP contribution >= 0.6 is 27.5 Å². The molecule has 0 aliphatic carbocycles. The fourth-order valence-electron chi connectivity index (χ4n) is 1.30. The number of rotatable bonds is 4. The zero-order valence-corrected chi connectivity index (χ0v) is 11.5. The first-order valence-corrected chi connectivity index (χ1v) is 6.34. The Morgan fingerprint density at radius 2 is 2.24 bits per heavy atom. The maximum absolute atomic E-state index is 6.02. The Bertz CT molecular complexity index is 515. The van der Waals surface area contributed by atoms with E-state index in [1.807, 2.05) is 6.92 Å². The van der Waals surface area contributed by atoms with Gasteiger partial charge in [0.15, 0.2) is 0 Å². The molecule has 0 spiro atoms. The minimum Gasteiger partial charge on any atom is -0.444 e. The highest BCUT2D eigenvalue weighted by atomic mass is 79.9. The van der Waals surface area contributed by atoms with Crippen molar-refractivity contribution in [1.82, 2.24) is 9.97 Å². The lowest BCUT2D eigenvalue weighted by molar-refractivity contribution is 0.465. The second-order valence-corrected chi connectivity index (χ2v) is 4.73. The summed E-state index contributed by atoms with van der Waals surface area (Å²) in [6.45, 7) is 2.49. The molecular formula is C11H11BrClN3O. The molecule has 0 bridgehead atoms. The summed E-state index contributed by atoms with van der Waals surface area (Å²) in [5.74, 6) is 2.12. The third kappa shape index (κ3) is 3.20. The molecule has 0 saturated heterocycles. The van der Waals surface area contributed by atoms with Gasteiger partial charge in [-0.25, -0.2) is 9.97 Å². The second-order valence-electron chi connectivity index (χ2n) is 3.41. The van der Waals surface area contributed by atoms with Gasteiger partial charge in [-0.05, 0) is 22.0 Å². The van der Waals surface area contributed by atoms with Crippen LogP contribution in [0.3, 0.4) is 0 Å². The van der Waals surface area contributed by atoms with Gasteiger partial charge < -0.3 is 9.73 Å². The molecule has 1 N–H and O–H groups in total. The number of nitrogens with zero attached hydrogens (tertiary/aromatic N) is 2. The molecule has 2 rings (SSSR count). The van der Waals surface area contributed by atoms with Gasteiger partial charge in [0.25, 0.3) is 0 Å². The molecule has 6 heteroatoms. The molecule has 0 radical (unpaired) electrons. The van der Waals surface area contributed by atoms with Crippen LogP contribution in [0.15, 0.2) is 27.3 Å². The summed E-state index contributed by atoms with van der Waals surface area (Å²) in [7, 11) is 0. The Morgan fingerprint density at radius 3 is 2.88 bits per heavy atom. The van der Waals surface area contributed by atoms with Crippen LogP contribution in [0.5, 0.6) is 0 Å². The summed E-state index contributed by atoms with van der Waals surface area (Å²) in [5, 5.41) is 3.63. The molecule has 0 amide bonds. The smallest absolute Gasteiger partial charge is 0.213 e. The molecule has 0 saturated carbocycles. The molecule has 2 aromatic rings. The van der Waals surface area contributed by atoms with Crippen LogP contribution in [0.25, 0.3) is 0 Å². The minimum absolute atomic E-state index is 0.467. The van der Waals surface area contributed by atoms with Crippen LogP contribution in [0.4, 0.5) is 5.82 Å². The molecule has 17 heavy (non-hydrogen) atoms. The monoisotopic (exact) mass is 315 g/mol. The number of hydrogen-bond acceptors (Lipinski definition) is 4. The Morgan fingerprint density at radius 1 is 1.41 bits per heavy atom. The van der Waals surface area contributed by atoms with Crippen molar-refractivity contribution in [2.24, 2.45) is 0 Å². The summed E-state index contributed by atoms with van der Waals surface area (Å²) in [4.78, 5) is 8.30. The van der Waals surface area contributed by atoms with E-state index in [0.717, 1.165) is 16.7 Å². The Balaban J connectivity index is 2.02. The molecule has 2 aromatic heterocycles. The van der Waals surface area contributed by atoms with Gasteiger partial charge in [-0.3, -0.25) is 0 Å². The molecule has 0 unspecified atom stereocenters. The van der Waals surface area contributed by atoms with Crippen LogP contribution in [-0.4, -0.2) is 9.97 Å². The van der Waals surface area contributed by atoms with Crippen LogP contribution in [0.1, 0.15) is 18.6 Å². The lowest BCUT2D eigenvalue weighted by Gasteiger charge is -2.04. The summed E-state index contributed by atoms with van der Waals surface area (Å²) < 4.78 is 6.31. The van der Waals surface area contributed by atoms with E-state index in [1.54, 1.807) is 18.5 Å². The lowest BCUT2D eigenvalue weighted by Crippen LogP contribution is -2.02. The maximum atomic E-state index is 6.02. The highest BCUT2D eigenvalue weighted by Crippen LogP contribution is 2.23. The van der Waals surface area contributed by atoms with E-state index in [4.69, 9.17) is 16.0 Å². The molecule has 4 nitrogen and oxygen atoms in total. The third-order valence-corrected chi connectivity index (χ3v) is 2.89. The SMILES string of the molecule is CCc1cnc(CNc2ncc(Br)cc2Cl)o1.